The molecular weight excluding hydrogens is 218 g/mol. The number of anilines is 1. The molecule has 18 heavy (non-hydrogen) atoms. The van der Waals surface area contributed by atoms with Crippen molar-refractivity contribution in [1.29, 1.82) is 0 Å². The summed E-state index contributed by atoms with van der Waals surface area (Å²) in [6.45, 7) is 7.40. The molecule has 1 aromatic rings. The highest BCUT2D eigenvalue weighted by atomic mass is 14.9. The molecule has 1 heteroatoms. The average molecular weight is 245 g/mol. The van der Waals surface area contributed by atoms with Crippen molar-refractivity contribution in [2.45, 2.75) is 51.9 Å². The van der Waals surface area contributed by atoms with Crippen LogP contribution in [0.25, 0.3) is 0 Å². The van der Waals surface area contributed by atoms with Crippen molar-refractivity contribution in [2.75, 3.05) is 11.9 Å². The van der Waals surface area contributed by atoms with Crippen LogP contribution in [0.5, 0.6) is 0 Å². The van der Waals surface area contributed by atoms with Crippen molar-refractivity contribution in [2.24, 2.45) is 0 Å². The van der Waals surface area contributed by atoms with Crippen LogP contribution in [0.2, 0.25) is 0 Å². The molecule has 0 radical (unpaired) electrons. The predicted molar refractivity (Wildman–Crippen MR) is 82.3 cm³/mol. The van der Waals surface area contributed by atoms with Crippen LogP contribution < -0.4 is 5.32 Å². The quantitative estimate of drug-likeness (QED) is 0.624. The second-order valence-corrected chi connectivity index (χ2v) is 5.27. The maximum atomic E-state index is 3.58. The summed E-state index contributed by atoms with van der Waals surface area (Å²) >= 11 is 0. The molecule has 1 heterocycles. The maximum Gasteiger partial charge on any atom is 0.0379 e. The molecule has 0 aromatic heterocycles. The third-order valence-electron chi connectivity index (χ3n) is 4.23. The number of nitrogens with one attached hydrogen (secondary N) is 1. The Balaban J connectivity index is 0.000000576. The zero-order valence-electron chi connectivity index (χ0n) is 11.9. The maximum absolute atomic E-state index is 3.58. The molecule has 1 N–H and O–H groups in total. The Morgan fingerprint density at radius 2 is 1.94 bits per heavy atom. The van der Waals surface area contributed by atoms with Gasteiger partial charge in [0.2, 0.25) is 0 Å². The van der Waals surface area contributed by atoms with Crippen LogP contribution in [0.4, 0.5) is 5.69 Å². The van der Waals surface area contributed by atoms with Crippen LogP contribution in [-0.2, 0) is 5.41 Å². The lowest BCUT2D eigenvalue weighted by Gasteiger charge is -2.27. The Morgan fingerprint density at radius 1 is 1.17 bits per heavy atom. The van der Waals surface area contributed by atoms with Crippen LogP contribution in [0.1, 0.15) is 53.4 Å². The first-order valence-electron chi connectivity index (χ1n) is 7.29. The van der Waals surface area contributed by atoms with E-state index in [0.717, 1.165) is 6.54 Å². The molecule has 0 amide bonds. The van der Waals surface area contributed by atoms with Crippen molar-refractivity contribution < 1.29 is 1.43 Å². The van der Waals surface area contributed by atoms with Crippen molar-refractivity contribution >= 4 is 5.69 Å². The van der Waals surface area contributed by atoms with E-state index in [1.54, 1.807) is 11.1 Å². The Morgan fingerprint density at radius 3 is 2.78 bits per heavy atom. The fourth-order valence-corrected chi connectivity index (χ4v) is 3.16. The molecule has 1 aromatic carbocycles. The largest absolute Gasteiger partial charge is 0.384 e. The van der Waals surface area contributed by atoms with E-state index in [1.165, 1.54) is 31.4 Å². The molecule has 1 nitrogen and oxygen atoms in total. The fraction of sp³-hybridized carbons (Fsp3) is 0.529. The van der Waals surface area contributed by atoms with Crippen molar-refractivity contribution in [3.63, 3.8) is 0 Å². The minimum atomic E-state index is 0. The summed E-state index contributed by atoms with van der Waals surface area (Å²) in [4.78, 5) is 0. The number of allylic oxidation sites excluding steroid dienone is 2. The van der Waals surface area contributed by atoms with Gasteiger partial charge in [-0.15, -0.1) is 0 Å². The fourth-order valence-electron chi connectivity index (χ4n) is 3.16. The first-order chi connectivity index (χ1) is 8.80. The smallest absolute Gasteiger partial charge is 0.0379 e. The van der Waals surface area contributed by atoms with Crippen LogP contribution in [0.15, 0.2) is 35.9 Å². The van der Waals surface area contributed by atoms with Gasteiger partial charge in [0.1, 0.15) is 0 Å². The van der Waals surface area contributed by atoms with E-state index in [4.69, 9.17) is 0 Å². The van der Waals surface area contributed by atoms with Gasteiger partial charge in [-0.05, 0) is 44.2 Å². The van der Waals surface area contributed by atoms with E-state index in [-0.39, 0.29) is 1.43 Å². The third-order valence-corrected chi connectivity index (χ3v) is 4.23. The molecule has 3 rings (SSSR count). The zero-order valence-corrected chi connectivity index (χ0v) is 11.9. The molecule has 1 atom stereocenters. The van der Waals surface area contributed by atoms with Gasteiger partial charge in [-0.25, -0.2) is 0 Å². The van der Waals surface area contributed by atoms with E-state index < -0.39 is 0 Å². The number of hydrogen-bond acceptors (Lipinski definition) is 1. The number of rotatable bonds is 0. The molecule has 2 aliphatic rings. The molecule has 1 aliphatic carbocycles. The molecular formula is C17H27N. The molecule has 1 spiro atoms. The summed E-state index contributed by atoms with van der Waals surface area (Å²) in [7, 11) is 0. The number of para-hydroxylation sites is 1. The Bertz CT molecular complexity index is 439. The van der Waals surface area contributed by atoms with Crippen LogP contribution >= 0.6 is 0 Å². The van der Waals surface area contributed by atoms with Crippen molar-refractivity contribution in [3.05, 3.63) is 41.5 Å². The number of benzene rings is 1. The lowest BCUT2D eigenvalue weighted by atomic mass is 9.75. The second-order valence-electron chi connectivity index (χ2n) is 5.27. The third kappa shape index (κ3) is 2.31. The van der Waals surface area contributed by atoms with E-state index in [2.05, 4.69) is 42.6 Å². The van der Waals surface area contributed by atoms with Gasteiger partial charge in [-0.1, -0.05) is 43.7 Å². The Kier molecular flexibility index (Phi) is 4.11. The summed E-state index contributed by atoms with van der Waals surface area (Å²) in [6, 6.07) is 8.84. The average Bonchev–Trinajstić information content (AvgIpc) is 2.67. The van der Waals surface area contributed by atoms with Gasteiger partial charge >= 0.3 is 0 Å². The van der Waals surface area contributed by atoms with Crippen molar-refractivity contribution in [1.82, 2.24) is 0 Å². The second kappa shape index (κ2) is 5.60. The molecule has 0 saturated carbocycles. The van der Waals surface area contributed by atoms with Gasteiger partial charge in [0, 0.05) is 19.1 Å². The van der Waals surface area contributed by atoms with E-state index in [1.807, 2.05) is 13.8 Å². The monoisotopic (exact) mass is 245 g/mol. The molecule has 1 aliphatic heterocycles. The lowest BCUT2D eigenvalue weighted by molar-refractivity contribution is 0.412. The predicted octanol–water partition coefficient (Wildman–Crippen LogP) is 5.14. The highest BCUT2D eigenvalue weighted by molar-refractivity contribution is 5.60. The molecule has 1 unspecified atom stereocenters. The lowest BCUT2D eigenvalue weighted by Crippen LogP contribution is -2.27. The van der Waals surface area contributed by atoms with Crippen molar-refractivity contribution in [3.8, 4) is 0 Å². The summed E-state index contributed by atoms with van der Waals surface area (Å²) in [5.74, 6) is 0. The highest BCUT2D eigenvalue weighted by Crippen LogP contribution is 2.45. The van der Waals surface area contributed by atoms with E-state index in [9.17, 15) is 0 Å². The van der Waals surface area contributed by atoms with Gasteiger partial charge in [-0.3, -0.25) is 0 Å². The zero-order chi connectivity index (χ0) is 13.0. The topological polar surface area (TPSA) is 12.0 Å². The number of fused-ring (bicyclic) bond motifs is 2. The first kappa shape index (κ1) is 13.2. The Labute approximate surface area is 113 Å². The van der Waals surface area contributed by atoms with E-state index >= 15 is 0 Å². The molecule has 0 saturated heterocycles. The molecule has 0 fully saturated rings. The van der Waals surface area contributed by atoms with Gasteiger partial charge in [0.25, 0.3) is 0 Å². The van der Waals surface area contributed by atoms with Crippen LogP contribution in [0, 0.1) is 0 Å². The summed E-state index contributed by atoms with van der Waals surface area (Å²) in [5.41, 5.74) is 4.90. The summed E-state index contributed by atoms with van der Waals surface area (Å²) < 4.78 is 0. The molecule has 0 bridgehead atoms. The highest BCUT2D eigenvalue weighted by Gasteiger charge is 2.38. The normalized spacial score (nSPS) is 25.4. The van der Waals surface area contributed by atoms with E-state index in [0.29, 0.717) is 5.41 Å². The Hall–Kier alpha value is -1.24. The minimum Gasteiger partial charge on any atom is -0.384 e. The van der Waals surface area contributed by atoms with Gasteiger partial charge < -0.3 is 5.32 Å². The minimum absolute atomic E-state index is 0. The molecule has 100 valence electrons. The standard InChI is InChI=1S/C15H19N.C2H6.H2/c1-12-5-4-9-15(10-8-12)11-16-14-7-3-2-6-13(14)15;1-2;/h2-3,5-7,16H,4,8-11H2,1H3;1-2H3;1H. The SMILES string of the molecule is CC.CC1=CCCC2(CC1)CNc1ccccc12.[HH]. The number of hydrogen-bond donors (Lipinski definition) is 1. The van der Waals surface area contributed by atoms with Crippen LogP contribution in [0.3, 0.4) is 0 Å². The van der Waals surface area contributed by atoms with Gasteiger partial charge in [0.15, 0.2) is 0 Å². The van der Waals surface area contributed by atoms with Gasteiger partial charge in [-0.2, -0.15) is 0 Å². The summed E-state index contributed by atoms with van der Waals surface area (Å²) in [6.07, 6.45) is 7.53. The first-order valence-corrected chi connectivity index (χ1v) is 7.29. The van der Waals surface area contributed by atoms with Crippen LogP contribution in [-0.4, -0.2) is 6.54 Å². The summed E-state index contributed by atoms with van der Waals surface area (Å²) in [5, 5.41) is 3.58. The van der Waals surface area contributed by atoms with Gasteiger partial charge in [0.05, 0.1) is 0 Å².